The fourth-order valence-electron chi connectivity index (χ4n) is 2.77. The lowest BCUT2D eigenvalue weighted by Gasteiger charge is -2.21. The van der Waals surface area contributed by atoms with Gasteiger partial charge in [0.25, 0.3) is 0 Å². The van der Waals surface area contributed by atoms with Gasteiger partial charge in [-0.25, -0.2) is 4.39 Å². The summed E-state index contributed by atoms with van der Waals surface area (Å²) >= 11 is 4.85. The Bertz CT molecular complexity index is 547. The molecule has 2 N–H and O–H groups in total. The first-order valence-electron chi connectivity index (χ1n) is 7.37. The molecule has 2 rings (SSSR count). The molecule has 1 unspecified atom stereocenters. The minimum absolute atomic E-state index is 0.0441. The normalized spacial score (nSPS) is 19.4. The number of carbonyl (C=O) groups is 1. The number of likely N-dealkylation sites (tertiary alicyclic amines) is 1. The molecule has 21 heavy (non-hydrogen) atoms. The quantitative estimate of drug-likeness (QED) is 0.870. The van der Waals surface area contributed by atoms with Crippen molar-refractivity contribution in [3.05, 3.63) is 35.1 Å². The summed E-state index contributed by atoms with van der Waals surface area (Å²) < 4.78 is 14.3. The van der Waals surface area contributed by atoms with Gasteiger partial charge in [0.1, 0.15) is 10.8 Å². The second kappa shape index (κ2) is 6.98. The number of benzene rings is 1. The van der Waals surface area contributed by atoms with E-state index in [0.717, 1.165) is 19.3 Å². The van der Waals surface area contributed by atoms with Gasteiger partial charge in [-0.15, -0.1) is 0 Å². The molecule has 0 bridgehead atoms. The Hall–Kier alpha value is -1.49. The van der Waals surface area contributed by atoms with Gasteiger partial charge < -0.3 is 10.6 Å². The lowest BCUT2D eigenvalue weighted by molar-refractivity contribution is -0.131. The molecular weight excluding hydrogens is 287 g/mol. The lowest BCUT2D eigenvalue weighted by Crippen LogP contribution is -2.30. The molecule has 0 aliphatic carbocycles. The Morgan fingerprint density at radius 2 is 2.24 bits per heavy atom. The Morgan fingerprint density at radius 1 is 1.48 bits per heavy atom. The number of nitrogens with zero attached hydrogens (tertiary/aromatic N) is 1. The van der Waals surface area contributed by atoms with Crippen LogP contribution in [-0.2, 0) is 11.3 Å². The molecule has 0 saturated carbocycles. The highest BCUT2D eigenvalue weighted by atomic mass is 32.1. The maximum Gasteiger partial charge on any atom is 0.222 e. The summed E-state index contributed by atoms with van der Waals surface area (Å²) in [6.45, 7) is 3.13. The molecule has 3 nitrogen and oxygen atoms in total. The molecule has 1 atom stereocenters. The molecule has 5 heteroatoms. The van der Waals surface area contributed by atoms with Crippen LogP contribution in [0.5, 0.6) is 0 Å². The lowest BCUT2D eigenvalue weighted by atomic mass is 9.98. The van der Waals surface area contributed by atoms with Crippen LogP contribution in [0.25, 0.3) is 0 Å². The first-order chi connectivity index (χ1) is 10.0. The van der Waals surface area contributed by atoms with E-state index < -0.39 is 5.82 Å². The molecule has 1 aliphatic rings. The highest BCUT2D eigenvalue weighted by Gasteiger charge is 2.23. The van der Waals surface area contributed by atoms with Crippen LogP contribution in [0.15, 0.2) is 18.2 Å². The molecule has 1 aliphatic heterocycles. The first-order valence-corrected chi connectivity index (χ1v) is 7.78. The van der Waals surface area contributed by atoms with Crippen molar-refractivity contribution in [1.82, 2.24) is 4.90 Å². The van der Waals surface area contributed by atoms with Crippen molar-refractivity contribution in [1.29, 1.82) is 0 Å². The van der Waals surface area contributed by atoms with Crippen LogP contribution >= 0.6 is 12.2 Å². The van der Waals surface area contributed by atoms with Crippen LogP contribution in [-0.4, -0.2) is 22.3 Å². The molecule has 0 radical (unpaired) electrons. The molecule has 0 spiro atoms. The average Bonchev–Trinajstić information content (AvgIpc) is 2.63. The van der Waals surface area contributed by atoms with E-state index in [9.17, 15) is 9.18 Å². The summed E-state index contributed by atoms with van der Waals surface area (Å²) in [6, 6.07) is 4.98. The summed E-state index contributed by atoms with van der Waals surface area (Å²) in [4.78, 5) is 14.0. The number of amides is 1. The van der Waals surface area contributed by atoms with E-state index in [1.807, 2.05) is 0 Å². The SMILES string of the molecule is CCC1CCC(=O)N(Cc2cccc(C(N)=S)c2F)CC1. The summed E-state index contributed by atoms with van der Waals surface area (Å²) in [5.74, 6) is 0.284. The van der Waals surface area contributed by atoms with E-state index in [-0.39, 0.29) is 23.0 Å². The Morgan fingerprint density at radius 3 is 2.90 bits per heavy atom. The maximum absolute atomic E-state index is 14.3. The van der Waals surface area contributed by atoms with Gasteiger partial charge in [-0.05, 0) is 24.8 Å². The number of hydrogen-bond acceptors (Lipinski definition) is 2. The maximum atomic E-state index is 14.3. The number of halogens is 1. The monoisotopic (exact) mass is 308 g/mol. The van der Waals surface area contributed by atoms with Crippen LogP contribution in [0.3, 0.4) is 0 Å². The number of carbonyl (C=O) groups excluding carboxylic acids is 1. The van der Waals surface area contributed by atoms with E-state index >= 15 is 0 Å². The van der Waals surface area contributed by atoms with Crippen molar-refractivity contribution >= 4 is 23.1 Å². The Labute approximate surface area is 130 Å². The fourth-order valence-corrected chi connectivity index (χ4v) is 2.92. The molecule has 1 heterocycles. The zero-order valence-corrected chi connectivity index (χ0v) is 13.1. The van der Waals surface area contributed by atoms with Crippen molar-refractivity contribution in [2.75, 3.05) is 6.54 Å². The zero-order chi connectivity index (χ0) is 15.4. The van der Waals surface area contributed by atoms with Gasteiger partial charge in [0.15, 0.2) is 0 Å². The van der Waals surface area contributed by atoms with Crippen LogP contribution < -0.4 is 5.73 Å². The molecule has 1 saturated heterocycles. The third-order valence-electron chi connectivity index (χ3n) is 4.21. The second-order valence-electron chi connectivity index (χ2n) is 5.56. The number of hydrogen-bond donors (Lipinski definition) is 1. The van der Waals surface area contributed by atoms with Crippen LogP contribution in [0, 0.1) is 11.7 Å². The third kappa shape index (κ3) is 3.79. The second-order valence-corrected chi connectivity index (χ2v) is 6.00. The van der Waals surface area contributed by atoms with Crippen LogP contribution in [0.1, 0.15) is 43.7 Å². The summed E-state index contributed by atoms with van der Waals surface area (Å²) in [5.41, 5.74) is 6.24. The molecule has 114 valence electrons. The number of nitrogens with two attached hydrogens (primary N) is 1. The molecule has 1 amide bonds. The van der Waals surface area contributed by atoms with Crippen molar-refractivity contribution in [3.8, 4) is 0 Å². The largest absolute Gasteiger partial charge is 0.389 e. The van der Waals surface area contributed by atoms with Gasteiger partial charge in [0, 0.05) is 30.6 Å². The van der Waals surface area contributed by atoms with Gasteiger partial charge >= 0.3 is 0 Å². The van der Waals surface area contributed by atoms with Crippen molar-refractivity contribution in [3.63, 3.8) is 0 Å². The number of thiocarbonyl (C=S) groups is 1. The predicted octanol–water partition coefficient (Wildman–Crippen LogP) is 3.00. The summed E-state index contributed by atoms with van der Waals surface area (Å²) in [7, 11) is 0. The Balaban J connectivity index is 2.15. The average molecular weight is 308 g/mol. The molecule has 1 fully saturated rings. The van der Waals surface area contributed by atoms with E-state index in [2.05, 4.69) is 6.92 Å². The van der Waals surface area contributed by atoms with Gasteiger partial charge in [-0.3, -0.25) is 4.79 Å². The number of rotatable bonds is 4. The molecular formula is C16H21FN2OS. The van der Waals surface area contributed by atoms with Crippen LogP contribution in [0.4, 0.5) is 4.39 Å². The van der Waals surface area contributed by atoms with E-state index in [4.69, 9.17) is 18.0 Å². The summed E-state index contributed by atoms with van der Waals surface area (Å²) in [5, 5.41) is 0. The van der Waals surface area contributed by atoms with E-state index in [0.29, 0.717) is 24.4 Å². The fraction of sp³-hybridized carbons (Fsp3) is 0.500. The summed E-state index contributed by atoms with van der Waals surface area (Å²) in [6.07, 6.45) is 3.56. The van der Waals surface area contributed by atoms with E-state index in [1.165, 1.54) is 0 Å². The molecule has 0 aromatic heterocycles. The van der Waals surface area contributed by atoms with Crippen molar-refractivity contribution in [2.24, 2.45) is 11.7 Å². The van der Waals surface area contributed by atoms with E-state index in [1.54, 1.807) is 23.1 Å². The third-order valence-corrected chi connectivity index (χ3v) is 4.43. The Kier molecular flexibility index (Phi) is 5.28. The van der Waals surface area contributed by atoms with Gasteiger partial charge in [0.2, 0.25) is 5.91 Å². The predicted molar refractivity (Wildman–Crippen MR) is 85.3 cm³/mol. The van der Waals surface area contributed by atoms with Crippen molar-refractivity contribution in [2.45, 2.75) is 39.2 Å². The highest BCUT2D eigenvalue weighted by Crippen LogP contribution is 2.23. The standard InChI is InChI=1S/C16H21FN2OS/c1-2-11-6-7-14(20)19(9-8-11)10-12-4-3-5-13(15(12)17)16(18)21/h3-5,11H,2,6-10H2,1H3,(H2,18,21). The van der Waals surface area contributed by atoms with Crippen molar-refractivity contribution < 1.29 is 9.18 Å². The van der Waals surface area contributed by atoms with Gasteiger partial charge in [0.05, 0.1) is 0 Å². The zero-order valence-electron chi connectivity index (χ0n) is 12.3. The van der Waals surface area contributed by atoms with Gasteiger partial charge in [-0.2, -0.15) is 0 Å². The molecule has 1 aromatic carbocycles. The minimum atomic E-state index is -0.408. The highest BCUT2D eigenvalue weighted by molar-refractivity contribution is 7.80. The smallest absolute Gasteiger partial charge is 0.222 e. The minimum Gasteiger partial charge on any atom is -0.389 e. The first kappa shape index (κ1) is 15.9. The van der Waals surface area contributed by atoms with Gasteiger partial charge in [-0.1, -0.05) is 37.7 Å². The molecule has 1 aromatic rings. The van der Waals surface area contributed by atoms with Crippen LogP contribution in [0.2, 0.25) is 0 Å². The topological polar surface area (TPSA) is 46.3 Å².